The van der Waals surface area contributed by atoms with E-state index in [1.54, 1.807) is 6.07 Å². The molecule has 0 radical (unpaired) electrons. The van der Waals surface area contributed by atoms with Crippen LogP contribution >= 0.6 is 11.6 Å². The molecule has 2 aromatic carbocycles. The molecule has 2 aromatic rings. The molecule has 1 aliphatic heterocycles. The minimum absolute atomic E-state index is 0.483. The summed E-state index contributed by atoms with van der Waals surface area (Å²) in [4.78, 5) is 12.0. The Morgan fingerprint density at radius 2 is 1.73 bits per heavy atom. The van der Waals surface area contributed by atoms with Crippen LogP contribution in [0.3, 0.4) is 0 Å². The number of esters is 1. The third-order valence-corrected chi connectivity index (χ3v) is 3.88. The van der Waals surface area contributed by atoms with Gasteiger partial charge in [0, 0.05) is 16.1 Å². The predicted octanol–water partition coefficient (Wildman–Crippen LogP) is 3.67. The maximum absolute atomic E-state index is 12.0. The first-order valence-electron chi connectivity index (χ1n) is 6.89. The highest BCUT2D eigenvalue weighted by Crippen LogP contribution is 2.42. The zero-order chi connectivity index (χ0) is 15.5. The molecule has 0 N–H and O–H groups in total. The molecule has 1 fully saturated rings. The number of carbonyl (C=O) groups excluding carboxylic acids is 1. The lowest BCUT2D eigenvalue weighted by atomic mass is 10.0. The highest BCUT2D eigenvalue weighted by molar-refractivity contribution is 6.31. The first kappa shape index (κ1) is 15.0. The van der Waals surface area contributed by atoms with E-state index in [9.17, 15) is 4.79 Å². The molecule has 0 amide bonds. The van der Waals surface area contributed by atoms with Gasteiger partial charge in [0.1, 0.15) is 6.10 Å². The lowest BCUT2D eigenvalue weighted by Crippen LogP contribution is -2.27. The quantitative estimate of drug-likeness (QED) is 0.810. The van der Waals surface area contributed by atoms with Crippen molar-refractivity contribution >= 4 is 17.6 Å². The minimum Gasteiger partial charge on any atom is -0.467 e. The molecule has 3 rings (SSSR count). The zero-order valence-electron chi connectivity index (χ0n) is 11.9. The van der Waals surface area contributed by atoms with E-state index in [1.165, 1.54) is 7.11 Å². The topological polar surface area (TPSA) is 44.8 Å². The molecule has 1 saturated heterocycles. The highest BCUT2D eigenvalue weighted by Gasteiger charge is 2.43. The SMILES string of the molecule is COC(=O)[C@H]1OC(c2ccccc2)O[C@@H]1c1ccccc1Cl. The Labute approximate surface area is 133 Å². The molecule has 0 aromatic heterocycles. The van der Waals surface area contributed by atoms with Crippen LogP contribution in [0.25, 0.3) is 0 Å². The molecule has 4 nitrogen and oxygen atoms in total. The van der Waals surface area contributed by atoms with Gasteiger partial charge in [-0.2, -0.15) is 0 Å². The summed E-state index contributed by atoms with van der Waals surface area (Å²) in [6.45, 7) is 0. The van der Waals surface area contributed by atoms with Crippen LogP contribution in [0.1, 0.15) is 23.5 Å². The normalized spacial score (nSPS) is 24.2. The Kier molecular flexibility index (Phi) is 4.43. The number of hydrogen-bond acceptors (Lipinski definition) is 4. The monoisotopic (exact) mass is 318 g/mol. The molecule has 0 aliphatic carbocycles. The fourth-order valence-corrected chi connectivity index (χ4v) is 2.69. The lowest BCUT2D eigenvalue weighted by Gasteiger charge is -2.16. The summed E-state index contributed by atoms with van der Waals surface area (Å²) < 4.78 is 16.5. The third kappa shape index (κ3) is 2.86. The van der Waals surface area contributed by atoms with Crippen molar-refractivity contribution in [2.75, 3.05) is 7.11 Å². The van der Waals surface area contributed by atoms with Crippen LogP contribution < -0.4 is 0 Å². The van der Waals surface area contributed by atoms with Crippen molar-refractivity contribution in [1.29, 1.82) is 0 Å². The van der Waals surface area contributed by atoms with E-state index < -0.39 is 24.5 Å². The molecular formula is C17H15ClO4. The van der Waals surface area contributed by atoms with Gasteiger partial charge in [0.15, 0.2) is 12.4 Å². The van der Waals surface area contributed by atoms with Crippen molar-refractivity contribution < 1.29 is 19.0 Å². The van der Waals surface area contributed by atoms with Crippen LogP contribution in [0.4, 0.5) is 0 Å². The van der Waals surface area contributed by atoms with Gasteiger partial charge in [0.05, 0.1) is 7.11 Å². The molecule has 3 atom stereocenters. The minimum atomic E-state index is -0.852. The summed E-state index contributed by atoms with van der Waals surface area (Å²) in [5.74, 6) is -0.483. The molecule has 5 heteroatoms. The van der Waals surface area contributed by atoms with Gasteiger partial charge in [0.25, 0.3) is 0 Å². The molecule has 1 heterocycles. The summed E-state index contributed by atoms with van der Waals surface area (Å²) in [7, 11) is 1.32. The van der Waals surface area contributed by atoms with Gasteiger partial charge < -0.3 is 14.2 Å². The molecule has 0 bridgehead atoms. The van der Waals surface area contributed by atoms with E-state index in [0.717, 1.165) is 5.56 Å². The van der Waals surface area contributed by atoms with Gasteiger partial charge >= 0.3 is 5.97 Å². The average Bonchev–Trinajstić information content (AvgIpc) is 3.00. The van der Waals surface area contributed by atoms with E-state index in [2.05, 4.69) is 0 Å². The molecular weight excluding hydrogens is 304 g/mol. The Morgan fingerprint density at radius 3 is 2.41 bits per heavy atom. The zero-order valence-corrected chi connectivity index (χ0v) is 12.7. The molecule has 0 spiro atoms. The standard InChI is InChI=1S/C17H15ClO4/c1-20-16(19)15-14(12-9-5-6-10-13(12)18)21-17(22-15)11-7-3-2-4-8-11/h2-10,14-15,17H,1H3/t14-,15+,17?/m1/s1. The second-order valence-electron chi connectivity index (χ2n) is 4.90. The number of methoxy groups -OCH3 is 1. The maximum Gasteiger partial charge on any atom is 0.338 e. The summed E-state index contributed by atoms with van der Waals surface area (Å²) in [6, 6.07) is 16.7. The van der Waals surface area contributed by atoms with Gasteiger partial charge in [-0.1, -0.05) is 60.1 Å². The molecule has 22 heavy (non-hydrogen) atoms. The molecule has 0 saturated carbocycles. The van der Waals surface area contributed by atoms with Crippen molar-refractivity contribution in [3.63, 3.8) is 0 Å². The summed E-state index contributed by atoms with van der Waals surface area (Å²) in [5.41, 5.74) is 1.55. The third-order valence-electron chi connectivity index (χ3n) is 3.53. The van der Waals surface area contributed by atoms with Gasteiger partial charge in [-0.3, -0.25) is 0 Å². The molecule has 1 unspecified atom stereocenters. The summed E-state index contributed by atoms with van der Waals surface area (Å²) in [6.07, 6.45) is -2.09. The van der Waals surface area contributed by atoms with E-state index in [0.29, 0.717) is 10.6 Å². The van der Waals surface area contributed by atoms with E-state index in [-0.39, 0.29) is 0 Å². The first-order valence-corrected chi connectivity index (χ1v) is 7.26. The van der Waals surface area contributed by atoms with Gasteiger partial charge in [-0.05, 0) is 6.07 Å². The Hall–Kier alpha value is -1.88. The van der Waals surface area contributed by atoms with E-state index in [4.69, 9.17) is 25.8 Å². The predicted molar refractivity (Wildman–Crippen MR) is 81.4 cm³/mol. The van der Waals surface area contributed by atoms with E-state index in [1.807, 2.05) is 48.5 Å². The van der Waals surface area contributed by atoms with Crippen molar-refractivity contribution in [2.45, 2.75) is 18.5 Å². The largest absolute Gasteiger partial charge is 0.467 e. The average molecular weight is 319 g/mol. The van der Waals surface area contributed by atoms with Crippen LogP contribution in [0.5, 0.6) is 0 Å². The van der Waals surface area contributed by atoms with Crippen LogP contribution in [-0.4, -0.2) is 19.2 Å². The van der Waals surface area contributed by atoms with Crippen LogP contribution in [-0.2, 0) is 19.0 Å². The fraction of sp³-hybridized carbons (Fsp3) is 0.235. The van der Waals surface area contributed by atoms with Crippen molar-refractivity contribution in [1.82, 2.24) is 0 Å². The Bertz CT molecular complexity index is 659. The number of carbonyl (C=O) groups is 1. The van der Waals surface area contributed by atoms with E-state index >= 15 is 0 Å². The Balaban J connectivity index is 1.93. The number of hydrogen-bond donors (Lipinski definition) is 0. The highest BCUT2D eigenvalue weighted by atomic mass is 35.5. The second-order valence-corrected chi connectivity index (χ2v) is 5.31. The molecule has 1 aliphatic rings. The number of halogens is 1. The van der Waals surface area contributed by atoms with Crippen LogP contribution in [0.15, 0.2) is 54.6 Å². The smallest absolute Gasteiger partial charge is 0.338 e. The fourth-order valence-electron chi connectivity index (χ4n) is 2.45. The summed E-state index contributed by atoms with van der Waals surface area (Å²) in [5, 5.41) is 0.527. The number of ether oxygens (including phenoxy) is 3. The summed E-state index contributed by atoms with van der Waals surface area (Å²) >= 11 is 6.22. The van der Waals surface area contributed by atoms with Crippen LogP contribution in [0.2, 0.25) is 5.02 Å². The van der Waals surface area contributed by atoms with Gasteiger partial charge in [0.2, 0.25) is 0 Å². The van der Waals surface area contributed by atoms with Crippen LogP contribution in [0, 0.1) is 0 Å². The number of rotatable bonds is 3. The van der Waals surface area contributed by atoms with Gasteiger partial charge in [-0.15, -0.1) is 0 Å². The lowest BCUT2D eigenvalue weighted by molar-refractivity contribution is -0.154. The van der Waals surface area contributed by atoms with Gasteiger partial charge in [-0.25, -0.2) is 4.79 Å². The Morgan fingerprint density at radius 1 is 1.05 bits per heavy atom. The molecule has 114 valence electrons. The van der Waals surface area contributed by atoms with Crippen molar-refractivity contribution in [3.8, 4) is 0 Å². The second kappa shape index (κ2) is 6.48. The number of benzene rings is 2. The van der Waals surface area contributed by atoms with Crippen molar-refractivity contribution in [2.24, 2.45) is 0 Å². The maximum atomic E-state index is 12.0. The van der Waals surface area contributed by atoms with Crippen molar-refractivity contribution in [3.05, 3.63) is 70.7 Å². The first-order chi connectivity index (χ1) is 10.7.